The Morgan fingerprint density at radius 3 is 2.20 bits per heavy atom. The van der Waals surface area contributed by atoms with Crippen LogP contribution < -0.4 is 4.90 Å². The molecule has 3 heteroatoms. The molecule has 2 aromatic rings. The molecule has 1 aromatic heterocycles. The number of aromatic nitrogens is 1. The Morgan fingerprint density at radius 2 is 1.60 bits per heavy atom. The minimum Gasteiger partial charge on any atom is -0.348 e. The summed E-state index contributed by atoms with van der Waals surface area (Å²) in [4.78, 5) is 7.31. The van der Waals surface area contributed by atoms with Gasteiger partial charge in [0.2, 0.25) is 0 Å². The number of nitrogens with zero attached hydrogens (tertiary/aromatic N) is 2. The summed E-state index contributed by atoms with van der Waals surface area (Å²) >= 11 is 1.84. The first-order valence-corrected chi connectivity index (χ1v) is 8.77. The van der Waals surface area contributed by atoms with E-state index < -0.39 is 0 Å². The van der Waals surface area contributed by atoms with E-state index in [0.29, 0.717) is 0 Å². The topological polar surface area (TPSA) is 16.1 Å². The van der Waals surface area contributed by atoms with Crippen molar-refractivity contribution in [2.24, 2.45) is 0 Å². The Morgan fingerprint density at radius 1 is 0.950 bits per heavy atom. The highest BCUT2D eigenvalue weighted by molar-refractivity contribution is 7.22. The summed E-state index contributed by atoms with van der Waals surface area (Å²) in [7, 11) is 0. The molecule has 0 bridgehead atoms. The van der Waals surface area contributed by atoms with Crippen molar-refractivity contribution in [1.82, 2.24) is 4.98 Å². The number of thiazole rings is 1. The highest BCUT2D eigenvalue weighted by Gasteiger charge is 2.11. The van der Waals surface area contributed by atoms with Crippen molar-refractivity contribution in [3.8, 4) is 0 Å². The lowest BCUT2D eigenvalue weighted by atomic mass is 10.2. The summed E-state index contributed by atoms with van der Waals surface area (Å²) in [5, 5.41) is 1.21. The van der Waals surface area contributed by atoms with Crippen LogP contribution in [-0.2, 0) is 0 Å². The number of unbranched alkanes of at least 4 members (excludes halogenated alkanes) is 4. The first-order valence-electron chi connectivity index (χ1n) is 7.95. The van der Waals surface area contributed by atoms with Crippen LogP contribution >= 0.6 is 11.3 Å². The number of hydrogen-bond donors (Lipinski definition) is 0. The summed E-state index contributed by atoms with van der Waals surface area (Å²) in [5.41, 5.74) is 1.14. The summed E-state index contributed by atoms with van der Waals surface area (Å²) in [5.74, 6) is 0. The zero-order valence-electron chi connectivity index (χ0n) is 12.8. The van der Waals surface area contributed by atoms with Gasteiger partial charge in [0.05, 0.1) is 10.2 Å². The Balaban J connectivity index is 2.06. The van der Waals surface area contributed by atoms with Gasteiger partial charge >= 0.3 is 0 Å². The van der Waals surface area contributed by atoms with Gasteiger partial charge in [-0.05, 0) is 25.0 Å². The van der Waals surface area contributed by atoms with Gasteiger partial charge in [0.1, 0.15) is 0 Å². The standard InChI is InChI=1S/C17H26N2S/c1-3-5-9-13-19(14-10-6-4-2)17-18-15-11-7-8-12-16(15)20-17/h7-8,11-12H,3-6,9-10,13-14H2,1-2H3. The van der Waals surface area contributed by atoms with Crippen LogP contribution in [0.15, 0.2) is 24.3 Å². The molecule has 0 amide bonds. The van der Waals surface area contributed by atoms with Gasteiger partial charge in [-0.25, -0.2) is 4.98 Å². The lowest BCUT2D eigenvalue weighted by molar-refractivity contribution is 0.636. The van der Waals surface area contributed by atoms with Gasteiger partial charge in [-0.2, -0.15) is 0 Å². The van der Waals surface area contributed by atoms with Gasteiger partial charge in [0.15, 0.2) is 5.13 Å². The van der Waals surface area contributed by atoms with Gasteiger partial charge in [0, 0.05) is 13.1 Å². The third-order valence-corrected chi connectivity index (χ3v) is 4.71. The van der Waals surface area contributed by atoms with Gasteiger partial charge < -0.3 is 4.90 Å². The molecular weight excluding hydrogens is 264 g/mol. The molecule has 1 heterocycles. The van der Waals surface area contributed by atoms with Crippen molar-refractivity contribution in [1.29, 1.82) is 0 Å². The highest BCUT2D eigenvalue weighted by Crippen LogP contribution is 2.29. The summed E-state index contributed by atoms with van der Waals surface area (Å²) in [6, 6.07) is 8.46. The molecule has 1 aromatic carbocycles. The van der Waals surface area contributed by atoms with E-state index in [-0.39, 0.29) is 0 Å². The highest BCUT2D eigenvalue weighted by atomic mass is 32.1. The molecule has 0 aliphatic rings. The molecule has 0 saturated carbocycles. The smallest absolute Gasteiger partial charge is 0.186 e. The minimum absolute atomic E-state index is 1.14. The number of fused-ring (bicyclic) bond motifs is 1. The normalized spacial score (nSPS) is 11.1. The molecule has 0 unspecified atom stereocenters. The van der Waals surface area contributed by atoms with Crippen molar-refractivity contribution >= 4 is 26.7 Å². The zero-order chi connectivity index (χ0) is 14.2. The van der Waals surface area contributed by atoms with Crippen LogP contribution in [0.2, 0.25) is 0 Å². The number of hydrogen-bond acceptors (Lipinski definition) is 3. The van der Waals surface area contributed by atoms with E-state index in [1.807, 2.05) is 11.3 Å². The second kappa shape index (κ2) is 8.25. The Labute approximate surface area is 126 Å². The first kappa shape index (κ1) is 15.3. The molecule has 2 rings (SSSR count). The summed E-state index contributed by atoms with van der Waals surface area (Å²) < 4.78 is 1.30. The maximum atomic E-state index is 4.81. The molecule has 0 fully saturated rings. The van der Waals surface area contributed by atoms with Crippen molar-refractivity contribution in [2.75, 3.05) is 18.0 Å². The van der Waals surface area contributed by atoms with E-state index in [9.17, 15) is 0 Å². The van der Waals surface area contributed by atoms with E-state index >= 15 is 0 Å². The van der Waals surface area contributed by atoms with Crippen LogP contribution in [0.5, 0.6) is 0 Å². The second-order valence-corrected chi connectivity index (χ2v) is 6.37. The Bertz CT molecular complexity index is 463. The fourth-order valence-electron chi connectivity index (χ4n) is 2.40. The molecule has 2 nitrogen and oxygen atoms in total. The average molecular weight is 290 g/mol. The molecule has 0 radical (unpaired) electrons. The SMILES string of the molecule is CCCCCN(CCCCC)c1nc2ccccc2s1. The van der Waals surface area contributed by atoms with Crippen LogP contribution in [-0.4, -0.2) is 18.1 Å². The van der Waals surface area contributed by atoms with Crippen molar-refractivity contribution < 1.29 is 0 Å². The van der Waals surface area contributed by atoms with Crippen LogP contribution in [0, 0.1) is 0 Å². The number of anilines is 1. The number of para-hydroxylation sites is 1. The third kappa shape index (κ3) is 4.20. The van der Waals surface area contributed by atoms with Gasteiger partial charge in [-0.3, -0.25) is 0 Å². The van der Waals surface area contributed by atoms with E-state index in [1.165, 1.54) is 48.4 Å². The van der Waals surface area contributed by atoms with Crippen LogP contribution in [0.1, 0.15) is 52.4 Å². The molecule has 20 heavy (non-hydrogen) atoms. The van der Waals surface area contributed by atoms with Gasteiger partial charge in [-0.15, -0.1) is 0 Å². The van der Waals surface area contributed by atoms with E-state index in [4.69, 9.17) is 4.98 Å². The first-order chi connectivity index (χ1) is 9.85. The fourth-order valence-corrected chi connectivity index (χ4v) is 3.42. The molecule has 0 saturated heterocycles. The largest absolute Gasteiger partial charge is 0.348 e. The zero-order valence-corrected chi connectivity index (χ0v) is 13.6. The molecule has 0 aliphatic carbocycles. The third-order valence-electron chi connectivity index (χ3n) is 3.62. The summed E-state index contributed by atoms with van der Waals surface area (Å²) in [6.07, 6.45) is 7.74. The average Bonchev–Trinajstić information content (AvgIpc) is 2.89. The van der Waals surface area contributed by atoms with Crippen LogP contribution in [0.3, 0.4) is 0 Å². The maximum Gasteiger partial charge on any atom is 0.186 e. The second-order valence-electron chi connectivity index (χ2n) is 5.37. The molecule has 0 aliphatic heterocycles. The predicted molar refractivity (Wildman–Crippen MR) is 90.9 cm³/mol. The van der Waals surface area contributed by atoms with Crippen LogP contribution in [0.25, 0.3) is 10.2 Å². The lowest BCUT2D eigenvalue weighted by Crippen LogP contribution is -2.25. The molecular formula is C17H26N2S. The van der Waals surface area contributed by atoms with E-state index in [2.05, 4.69) is 43.0 Å². The quantitative estimate of drug-likeness (QED) is 0.568. The minimum atomic E-state index is 1.14. The van der Waals surface area contributed by atoms with E-state index in [1.54, 1.807) is 0 Å². The van der Waals surface area contributed by atoms with E-state index in [0.717, 1.165) is 18.6 Å². The van der Waals surface area contributed by atoms with Gasteiger partial charge in [0.25, 0.3) is 0 Å². The maximum absolute atomic E-state index is 4.81. The molecule has 0 N–H and O–H groups in total. The Kier molecular flexibility index (Phi) is 6.31. The predicted octanol–water partition coefficient (Wildman–Crippen LogP) is 5.48. The lowest BCUT2D eigenvalue weighted by Gasteiger charge is -2.21. The van der Waals surface area contributed by atoms with Crippen LogP contribution in [0.4, 0.5) is 5.13 Å². The Hall–Kier alpha value is -1.09. The van der Waals surface area contributed by atoms with Crippen molar-refractivity contribution in [3.05, 3.63) is 24.3 Å². The van der Waals surface area contributed by atoms with Crippen molar-refractivity contribution in [2.45, 2.75) is 52.4 Å². The monoisotopic (exact) mass is 290 g/mol. The molecule has 0 atom stereocenters. The number of benzene rings is 1. The molecule has 110 valence electrons. The molecule has 0 spiro atoms. The summed E-state index contributed by atoms with van der Waals surface area (Å²) in [6.45, 7) is 6.83. The van der Waals surface area contributed by atoms with Gasteiger partial charge in [-0.1, -0.05) is 63.0 Å². The fraction of sp³-hybridized carbons (Fsp3) is 0.588. The van der Waals surface area contributed by atoms with Crippen molar-refractivity contribution in [3.63, 3.8) is 0 Å². The number of rotatable bonds is 9.